The standard InChI is InChI=1S/C16H23N3O4S/c1-11-15(17-8-9-23-11)16(20)19-13-4-6-14(7-5-13)24(21,22)18-10-12-2-3-12/h4-7,11-12,15,17-18H,2-3,8-10H2,1H3,(H,19,20)/t11-,15+/m1/s1. The van der Waals surface area contributed by atoms with Gasteiger partial charge in [0.15, 0.2) is 0 Å². The third kappa shape index (κ3) is 4.32. The molecule has 0 spiro atoms. The topological polar surface area (TPSA) is 96.5 Å². The van der Waals surface area contributed by atoms with Gasteiger partial charge < -0.3 is 15.4 Å². The van der Waals surface area contributed by atoms with E-state index in [1.807, 2.05) is 6.92 Å². The first kappa shape index (κ1) is 17.3. The number of morpholine rings is 1. The summed E-state index contributed by atoms with van der Waals surface area (Å²) < 4.78 is 32.4. The molecule has 3 N–H and O–H groups in total. The van der Waals surface area contributed by atoms with Crippen molar-refractivity contribution in [3.05, 3.63) is 24.3 Å². The summed E-state index contributed by atoms with van der Waals surface area (Å²) in [4.78, 5) is 12.5. The average Bonchev–Trinajstić information content (AvgIpc) is 3.38. The third-order valence-electron chi connectivity index (χ3n) is 4.29. The van der Waals surface area contributed by atoms with Gasteiger partial charge in [-0.25, -0.2) is 13.1 Å². The van der Waals surface area contributed by atoms with Gasteiger partial charge in [0.05, 0.1) is 17.6 Å². The number of anilines is 1. The lowest BCUT2D eigenvalue weighted by molar-refractivity contribution is -0.123. The van der Waals surface area contributed by atoms with E-state index in [4.69, 9.17) is 4.74 Å². The number of nitrogens with one attached hydrogen (secondary N) is 3. The predicted molar refractivity (Wildman–Crippen MR) is 90.2 cm³/mol. The molecule has 1 heterocycles. The molecule has 1 saturated carbocycles. The highest BCUT2D eigenvalue weighted by molar-refractivity contribution is 7.89. The summed E-state index contributed by atoms with van der Waals surface area (Å²) in [6.45, 7) is 3.56. The first-order valence-corrected chi connectivity index (χ1v) is 9.69. The van der Waals surface area contributed by atoms with Crippen LogP contribution in [0.4, 0.5) is 5.69 Å². The molecule has 8 heteroatoms. The van der Waals surface area contributed by atoms with Crippen molar-refractivity contribution in [3.63, 3.8) is 0 Å². The fourth-order valence-corrected chi connectivity index (χ4v) is 3.71. The van der Waals surface area contributed by atoms with Crippen molar-refractivity contribution in [2.75, 3.05) is 25.0 Å². The molecule has 1 saturated heterocycles. The summed E-state index contributed by atoms with van der Waals surface area (Å²) in [6, 6.07) is 5.77. The van der Waals surface area contributed by atoms with E-state index >= 15 is 0 Å². The van der Waals surface area contributed by atoms with Crippen molar-refractivity contribution in [2.45, 2.75) is 36.8 Å². The Hall–Kier alpha value is -1.48. The monoisotopic (exact) mass is 353 g/mol. The molecule has 1 amide bonds. The highest BCUT2D eigenvalue weighted by Crippen LogP contribution is 2.28. The number of amides is 1. The molecule has 0 unspecified atom stereocenters. The van der Waals surface area contributed by atoms with Gasteiger partial charge in [0.2, 0.25) is 15.9 Å². The Bertz CT molecular complexity index is 686. The van der Waals surface area contributed by atoms with E-state index in [1.54, 1.807) is 12.1 Å². The van der Waals surface area contributed by atoms with Gasteiger partial charge in [0.1, 0.15) is 6.04 Å². The number of carbonyl (C=O) groups excluding carboxylic acids is 1. The summed E-state index contributed by atoms with van der Waals surface area (Å²) in [6.07, 6.45) is 1.97. The number of hydrogen-bond acceptors (Lipinski definition) is 5. The Balaban J connectivity index is 1.60. The highest BCUT2D eigenvalue weighted by atomic mass is 32.2. The largest absolute Gasteiger partial charge is 0.375 e. The van der Waals surface area contributed by atoms with E-state index in [0.717, 1.165) is 12.8 Å². The fraction of sp³-hybridized carbons (Fsp3) is 0.562. The van der Waals surface area contributed by atoms with Gasteiger partial charge in [-0.1, -0.05) is 0 Å². The van der Waals surface area contributed by atoms with Crippen LogP contribution in [-0.2, 0) is 19.6 Å². The van der Waals surface area contributed by atoms with Crippen molar-refractivity contribution < 1.29 is 17.9 Å². The van der Waals surface area contributed by atoms with Gasteiger partial charge in [0, 0.05) is 18.8 Å². The van der Waals surface area contributed by atoms with Crippen LogP contribution < -0.4 is 15.4 Å². The van der Waals surface area contributed by atoms with Crippen molar-refractivity contribution in [2.24, 2.45) is 5.92 Å². The van der Waals surface area contributed by atoms with Crippen LogP contribution in [0.15, 0.2) is 29.2 Å². The second-order valence-corrected chi connectivity index (χ2v) is 8.08. The van der Waals surface area contributed by atoms with Crippen molar-refractivity contribution in [1.82, 2.24) is 10.0 Å². The quantitative estimate of drug-likeness (QED) is 0.699. The van der Waals surface area contributed by atoms with Gasteiger partial charge in [-0.05, 0) is 49.9 Å². The van der Waals surface area contributed by atoms with Crippen LogP contribution in [0.3, 0.4) is 0 Å². The maximum atomic E-state index is 12.3. The summed E-state index contributed by atoms with van der Waals surface area (Å²) in [5.41, 5.74) is 0.556. The van der Waals surface area contributed by atoms with Crippen molar-refractivity contribution >= 4 is 21.6 Å². The molecule has 3 rings (SSSR count). The molecule has 1 aliphatic carbocycles. The van der Waals surface area contributed by atoms with E-state index in [9.17, 15) is 13.2 Å². The molecule has 0 aromatic heterocycles. The maximum Gasteiger partial charge on any atom is 0.244 e. The molecule has 7 nitrogen and oxygen atoms in total. The minimum absolute atomic E-state index is 0.190. The van der Waals surface area contributed by atoms with Crippen LogP contribution in [0.1, 0.15) is 19.8 Å². The average molecular weight is 353 g/mol. The number of rotatable bonds is 6. The van der Waals surface area contributed by atoms with Crippen LogP contribution in [0, 0.1) is 5.92 Å². The Morgan fingerprint density at radius 1 is 1.29 bits per heavy atom. The van der Waals surface area contributed by atoms with Gasteiger partial charge in [0.25, 0.3) is 0 Å². The van der Waals surface area contributed by atoms with Gasteiger partial charge >= 0.3 is 0 Å². The lowest BCUT2D eigenvalue weighted by Crippen LogP contribution is -2.53. The number of carbonyl (C=O) groups is 1. The van der Waals surface area contributed by atoms with E-state index in [2.05, 4.69) is 15.4 Å². The number of hydrogen-bond donors (Lipinski definition) is 3. The lowest BCUT2D eigenvalue weighted by atomic mass is 10.1. The molecule has 132 valence electrons. The second-order valence-electron chi connectivity index (χ2n) is 6.32. The fourth-order valence-electron chi connectivity index (χ4n) is 2.60. The number of benzene rings is 1. The van der Waals surface area contributed by atoms with Crippen molar-refractivity contribution in [3.8, 4) is 0 Å². The van der Waals surface area contributed by atoms with Gasteiger partial charge in [-0.3, -0.25) is 4.79 Å². The highest BCUT2D eigenvalue weighted by Gasteiger charge is 2.28. The van der Waals surface area contributed by atoms with E-state index in [1.165, 1.54) is 12.1 Å². The third-order valence-corrected chi connectivity index (χ3v) is 5.73. The SMILES string of the molecule is C[C@H]1OCCN[C@@H]1C(=O)Nc1ccc(S(=O)(=O)NCC2CC2)cc1. The molecular weight excluding hydrogens is 330 g/mol. The van der Waals surface area contributed by atoms with Crippen LogP contribution in [0.25, 0.3) is 0 Å². The van der Waals surface area contributed by atoms with Crippen LogP contribution in [0.2, 0.25) is 0 Å². The van der Waals surface area contributed by atoms with Crippen LogP contribution >= 0.6 is 0 Å². The maximum absolute atomic E-state index is 12.3. The summed E-state index contributed by atoms with van der Waals surface area (Å²) in [5, 5.41) is 5.90. The molecule has 0 radical (unpaired) electrons. The zero-order chi connectivity index (χ0) is 17.2. The normalized spacial score (nSPS) is 24.5. The molecule has 2 fully saturated rings. The second kappa shape index (κ2) is 7.18. The van der Waals surface area contributed by atoms with Gasteiger partial charge in [-0.15, -0.1) is 0 Å². The first-order valence-electron chi connectivity index (χ1n) is 8.21. The van der Waals surface area contributed by atoms with E-state index < -0.39 is 16.1 Å². The minimum atomic E-state index is -3.48. The molecule has 1 aromatic carbocycles. The molecule has 1 aromatic rings. The molecule has 2 aliphatic rings. The van der Waals surface area contributed by atoms with Gasteiger partial charge in [-0.2, -0.15) is 0 Å². The Kier molecular flexibility index (Phi) is 5.19. The zero-order valence-electron chi connectivity index (χ0n) is 13.6. The summed E-state index contributed by atoms with van der Waals surface area (Å²) in [5.74, 6) is 0.287. The smallest absolute Gasteiger partial charge is 0.244 e. The van der Waals surface area contributed by atoms with E-state index in [0.29, 0.717) is 31.3 Å². The molecular formula is C16H23N3O4S. The predicted octanol–water partition coefficient (Wildman–Crippen LogP) is 0.690. The van der Waals surface area contributed by atoms with Crippen molar-refractivity contribution in [1.29, 1.82) is 0 Å². The number of ether oxygens (including phenoxy) is 1. The lowest BCUT2D eigenvalue weighted by Gasteiger charge is -2.29. The zero-order valence-corrected chi connectivity index (χ0v) is 14.4. The number of sulfonamides is 1. The molecule has 2 atom stereocenters. The Morgan fingerprint density at radius 2 is 2.00 bits per heavy atom. The molecule has 0 bridgehead atoms. The van der Waals surface area contributed by atoms with Crippen LogP contribution in [-0.4, -0.2) is 46.2 Å². The molecule has 24 heavy (non-hydrogen) atoms. The Morgan fingerprint density at radius 3 is 2.62 bits per heavy atom. The van der Waals surface area contributed by atoms with E-state index in [-0.39, 0.29) is 16.9 Å². The summed E-state index contributed by atoms with van der Waals surface area (Å²) in [7, 11) is -3.48. The van der Waals surface area contributed by atoms with Crippen LogP contribution in [0.5, 0.6) is 0 Å². The summed E-state index contributed by atoms with van der Waals surface area (Å²) >= 11 is 0. The Labute approximate surface area is 142 Å². The first-order chi connectivity index (χ1) is 11.5. The molecule has 1 aliphatic heterocycles. The minimum Gasteiger partial charge on any atom is -0.375 e.